The minimum absolute atomic E-state index is 0.110. The Bertz CT molecular complexity index is 832. The lowest BCUT2D eigenvalue weighted by molar-refractivity contribution is -0.118. The molecule has 2 bridgehead atoms. The Labute approximate surface area is 145 Å². The van der Waals surface area contributed by atoms with Gasteiger partial charge in [0.05, 0.1) is 17.7 Å². The lowest BCUT2D eigenvalue weighted by atomic mass is 9.99. The summed E-state index contributed by atoms with van der Waals surface area (Å²) in [6, 6.07) is 10.7. The zero-order valence-electron chi connectivity index (χ0n) is 13.8. The van der Waals surface area contributed by atoms with E-state index in [1.807, 2.05) is 42.5 Å². The van der Waals surface area contributed by atoms with Crippen LogP contribution in [-0.4, -0.2) is 22.1 Å². The van der Waals surface area contributed by atoms with E-state index in [2.05, 4.69) is 15.6 Å². The van der Waals surface area contributed by atoms with Crippen LogP contribution in [0.3, 0.4) is 0 Å². The van der Waals surface area contributed by atoms with Crippen LogP contribution < -0.4 is 10.6 Å². The second-order valence-electron chi connectivity index (χ2n) is 5.96. The molecule has 2 heterocycles. The van der Waals surface area contributed by atoms with Crippen molar-refractivity contribution in [2.45, 2.75) is 19.4 Å². The Balaban J connectivity index is 2.12. The van der Waals surface area contributed by atoms with Crippen LogP contribution in [-0.2, 0) is 4.79 Å². The molecule has 0 spiro atoms. The van der Waals surface area contributed by atoms with Gasteiger partial charge in [0.25, 0.3) is 0 Å². The highest BCUT2D eigenvalue weighted by molar-refractivity contribution is 5.97. The van der Waals surface area contributed by atoms with Gasteiger partial charge in [-0.15, -0.1) is 0 Å². The van der Waals surface area contributed by atoms with E-state index >= 15 is 0 Å². The minimum atomic E-state index is -1.11. The standard InChI is InChI=1S/C19H19N3O3/c1-12-5-4-8-16(22-19(24)25)17-11-13(9-10-20-17)14-6-2-3-7-15(14)21-18(12)23/h2-7,9-12,16,22H,8H2,1H3,(H,21,23)(H,24,25)/b5-4+/t12-,16+/m1/s1. The van der Waals surface area contributed by atoms with Gasteiger partial charge < -0.3 is 15.7 Å². The summed E-state index contributed by atoms with van der Waals surface area (Å²) in [6.45, 7) is 1.80. The number of nitrogens with zero attached hydrogens (tertiary/aromatic N) is 1. The van der Waals surface area contributed by atoms with Crippen LogP contribution in [0, 0.1) is 5.92 Å². The van der Waals surface area contributed by atoms with Gasteiger partial charge in [-0.3, -0.25) is 9.78 Å². The number of rotatable bonds is 1. The number of carbonyl (C=O) groups is 2. The first kappa shape index (κ1) is 16.7. The number of nitrogens with one attached hydrogen (secondary N) is 2. The van der Waals surface area contributed by atoms with Crippen molar-refractivity contribution in [1.82, 2.24) is 10.3 Å². The monoisotopic (exact) mass is 337 g/mol. The van der Waals surface area contributed by atoms with E-state index in [1.54, 1.807) is 19.2 Å². The van der Waals surface area contributed by atoms with E-state index in [9.17, 15) is 9.59 Å². The van der Waals surface area contributed by atoms with Crippen LogP contribution in [0.25, 0.3) is 11.1 Å². The highest BCUT2D eigenvalue weighted by Crippen LogP contribution is 2.30. The van der Waals surface area contributed by atoms with E-state index in [1.165, 1.54) is 0 Å². The van der Waals surface area contributed by atoms with Gasteiger partial charge in [0.2, 0.25) is 5.91 Å². The van der Waals surface area contributed by atoms with Gasteiger partial charge in [0, 0.05) is 17.4 Å². The van der Waals surface area contributed by atoms with Gasteiger partial charge in [0.1, 0.15) is 0 Å². The van der Waals surface area contributed by atoms with Crippen molar-refractivity contribution in [2.75, 3.05) is 5.32 Å². The third-order valence-electron chi connectivity index (χ3n) is 4.14. The molecule has 0 fully saturated rings. The third kappa shape index (κ3) is 3.85. The predicted molar refractivity (Wildman–Crippen MR) is 95.1 cm³/mol. The molecule has 0 saturated carbocycles. The van der Waals surface area contributed by atoms with Crippen molar-refractivity contribution in [1.29, 1.82) is 0 Å². The Hall–Kier alpha value is -3.15. The fourth-order valence-corrected chi connectivity index (χ4v) is 2.81. The number of amides is 2. The quantitative estimate of drug-likeness (QED) is 0.694. The first-order valence-corrected chi connectivity index (χ1v) is 8.07. The van der Waals surface area contributed by atoms with Gasteiger partial charge in [-0.25, -0.2) is 4.79 Å². The molecule has 25 heavy (non-hydrogen) atoms. The highest BCUT2D eigenvalue weighted by Gasteiger charge is 2.18. The smallest absolute Gasteiger partial charge is 0.405 e. The summed E-state index contributed by atoms with van der Waals surface area (Å²) >= 11 is 0. The molecular formula is C19H19N3O3. The fourth-order valence-electron chi connectivity index (χ4n) is 2.81. The van der Waals surface area contributed by atoms with Crippen molar-refractivity contribution >= 4 is 17.7 Å². The molecule has 2 aromatic rings. The number of pyridine rings is 1. The maximum Gasteiger partial charge on any atom is 0.405 e. The molecule has 0 unspecified atom stereocenters. The minimum Gasteiger partial charge on any atom is -0.465 e. The summed E-state index contributed by atoms with van der Waals surface area (Å²) in [5.74, 6) is -0.439. The van der Waals surface area contributed by atoms with Crippen LogP contribution >= 0.6 is 0 Å². The van der Waals surface area contributed by atoms with Gasteiger partial charge >= 0.3 is 6.09 Å². The summed E-state index contributed by atoms with van der Waals surface area (Å²) in [6.07, 6.45) is 4.55. The maximum atomic E-state index is 12.4. The van der Waals surface area contributed by atoms with Crippen molar-refractivity contribution in [3.8, 4) is 11.1 Å². The largest absolute Gasteiger partial charge is 0.465 e. The van der Waals surface area contributed by atoms with E-state index in [0.29, 0.717) is 17.8 Å². The third-order valence-corrected chi connectivity index (χ3v) is 4.14. The molecule has 1 aromatic carbocycles. The molecule has 0 radical (unpaired) electrons. The molecule has 2 amide bonds. The van der Waals surface area contributed by atoms with Gasteiger partial charge in [-0.05, 0) is 30.2 Å². The Morgan fingerprint density at radius 2 is 2.12 bits per heavy atom. The fraction of sp³-hybridized carbons (Fsp3) is 0.211. The summed E-state index contributed by atoms with van der Waals surface area (Å²) in [5, 5.41) is 14.6. The molecule has 1 aromatic heterocycles. The molecule has 128 valence electrons. The molecule has 0 aliphatic carbocycles. The number of para-hydroxylation sites is 1. The molecular weight excluding hydrogens is 318 g/mol. The zero-order chi connectivity index (χ0) is 17.8. The van der Waals surface area contributed by atoms with Crippen molar-refractivity contribution < 1.29 is 14.7 Å². The number of fused-ring (bicyclic) bond motifs is 4. The first-order chi connectivity index (χ1) is 12.0. The summed E-state index contributed by atoms with van der Waals surface area (Å²) in [5.41, 5.74) is 3.09. The molecule has 0 saturated heterocycles. The number of benzene rings is 1. The number of carbonyl (C=O) groups excluding carboxylic acids is 1. The molecule has 2 atom stereocenters. The average Bonchev–Trinajstić information content (AvgIpc) is 2.60. The van der Waals surface area contributed by atoms with Gasteiger partial charge in [-0.2, -0.15) is 0 Å². The van der Waals surface area contributed by atoms with Crippen molar-refractivity contribution in [3.63, 3.8) is 0 Å². The average molecular weight is 337 g/mol. The second kappa shape index (κ2) is 7.17. The topological polar surface area (TPSA) is 91.3 Å². The summed E-state index contributed by atoms with van der Waals surface area (Å²) < 4.78 is 0. The molecule has 1 aliphatic heterocycles. The van der Waals surface area contributed by atoms with Crippen LogP contribution in [0.4, 0.5) is 10.5 Å². The van der Waals surface area contributed by atoms with Crippen LogP contribution in [0.1, 0.15) is 25.1 Å². The Morgan fingerprint density at radius 1 is 1.32 bits per heavy atom. The summed E-state index contributed by atoms with van der Waals surface area (Å²) in [4.78, 5) is 27.8. The number of aromatic nitrogens is 1. The molecule has 6 nitrogen and oxygen atoms in total. The van der Waals surface area contributed by atoms with Crippen LogP contribution in [0.2, 0.25) is 0 Å². The molecule has 3 N–H and O–H groups in total. The number of hydrogen-bond acceptors (Lipinski definition) is 3. The zero-order valence-corrected chi connectivity index (χ0v) is 13.8. The van der Waals surface area contributed by atoms with Crippen molar-refractivity contribution in [2.24, 2.45) is 5.92 Å². The van der Waals surface area contributed by atoms with E-state index in [0.717, 1.165) is 11.1 Å². The Kier molecular flexibility index (Phi) is 4.79. The lowest BCUT2D eigenvalue weighted by Gasteiger charge is -2.18. The molecule has 3 rings (SSSR count). The second-order valence-corrected chi connectivity index (χ2v) is 5.96. The van der Waals surface area contributed by atoms with Gasteiger partial charge in [0.15, 0.2) is 0 Å². The maximum absolute atomic E-state index is 12.4. The normalized spacial score (nSPS) is 21.1. The van der Waals surface area contributed by atoms with Crippen molar-refractivity contribution in [3.05, 3.63) is 60.4 Å². The van der Waals surface area contributed by atoms with E-state index in [4.69, 9.17) is 5.11 Å². The number of hydrogen-bond donors (Lipinski definition) is 3. The lowest BCUT2D eigenvalue weighted by Crippen LogP contribution is -2.27. The first-order valence-electron chi connectivity index (χ1n) is 8.07. The molecule has 1 aliphatic rings. The van der Waals surface area contributed by atoms with Crippen LogP contribution in [0.15, 0.2) is 54.7 Å². The summed E-state index contributed by atoms with van der Waals surface area (Å²) in [7, 11) is 0. The van der Waals surface area contributed by atoms with Crippen LogP contribution in [0.5, 0.6) is 0 Å². The molecule has 6 heteroatoms. The SMILES string of the molecule is C[C@@H]1/C=C/C[C@H](NC(=O)O)c2cc(ccn2)-c2ccccc2NC1=O. The number of carboxylic acid groups (broad SMARTS) is 1. The Morgan fingerprint density at radius 3 is 2.92 bits per heavy atom. The van der Waals surface area contributed by atoms with Gasteiger partial charge in [-0.1, -0.05) is 37.3 Å². The highest BCUT2D eigenvalue weighted by atomic mass is 16.4. The van der Waals surface area contributed by atoms with E-state index < -0.39 is 12.1 Å². The van der Waals surface area contributed by atoms with E-state index in [-0.39, 0.29) is 11.8 Å². The number of anilines is 1. The predicted octanol–water partition coefficient (Wildman–Crippen LogP) is 3.59.